The lowest BCUT2D eigenvalue weighted by molar-refractivity contribution is -0.140. The molecule has 2 amide bonds. The molecule has 23 heavy (non-hydrogen) atoms. The van der Waals surface area contributed by atoms with Gasteiger partial charge in [0.1, 0.15) is 6.10 Å². The molecule has 1 aliphatic carbocycles. The number of carbonyl (C=O) groups excluding carboxylic acids is 2. The molecule has 1 heterocycles. The molecule has 0 bridgehead atoms. The Labute approximate surface area is 145 Å². The minimum absolute atomic E-state index is 0.116. The maximum Gasteiger partial charge on any atom is 0.309 e. The van der Waals surface area contributed by atoms with E-state index in [1.807, 2.05) is 6.07 Å². The lowest BCUT2D eigenvalue weighted by Gasteiger charge is -2.17. The molecule has 1 unspecified atom stereocenters. The Hall–Kier alpha value is -1.11. The molecule has 1 saturated carbocycles. The Morgan fingerprint density at radius 2 is 1.96 bits per heavy atom. The smallest absolute Gasteiger partial charge is 0.309 e. The molecule has 1 aliphatic rings. The second-order valence-corrected chi connectivity index (χ2v) is 7.48. The topological polar surface area (TPSA) is 67.4 Å². The van der Waals surface area contributed by atoms with E-state index in [1.54, 1.807) is 13.2 Å². The number of methoxy groups -OCH3 is 1. The average Bonchev–Trinajstić information content (AvgIpc) is 2.81. The lowest BCUT2D eigenvalue weighted by Crippen LogP contribution is -2.45. The van der Waals surface area contributed by atoms with Gasteiger partial charge >= 0.3 is 11.8 Å². The van der Waals surface area contributed by atoms with E-state index in [0.717, 1.165) is 30.6 Å². The molecule has 0 spiro atoms. The van der Waals surface area contributed by atoms with Crippen molar-refractivity contribution in [3.63, 3.8) is 0 Å². The zero-order valence-corrected chi connectivity index (χ0v) is 14.8. The van der Waals surface area contributed by atoms with Gasteiger partial charge in [-0.3, -0.25) is 9.59 Å². The Kier molecular flexibility index (Phi) is 7.33. The molecule has 1 aromatic heterocycles. The predicted octanol–water partition coefficient (Wildman–Crippen LogP) is 3.04. The van der Waals surface area contributed by atoms with E-state index in [9.17, 15) is 9.59 Å². The van der Waals surface area contributed by atoms with Crippen LogP contribution in [-0.4, -0.2) is 31.5 Å². The van der Waals surface area contributed by atoms with Gasteiger partial charge in [0, 0.05) is 24.6 Å². The number of rotatable bonds is 5. The Morgan fingerprint density at radius 1 is 1.26 bits per heavy atom. The molecule has 5 nitrogen and oxygen atoms in total. The fraction of sp³-hybridized carbons (Fsp3) is 0.625. The second kappa shape index (κ2) is 9.25. The van der Waals surface area contributed by atoms with E-state index >= 15 is 0 Å². The number of hydrogen-bond acceptors (Lipinski definition) is 4. The molecule has 0 radical (unpaired) electrons. The van der Waals surface area contributed by atoms with Crippen LogP contribution in [0.2, 0.25) is 4.34 Å². The van der Waals surface area contributed by atoms with Crippen LogP contribution >= 0.6 is 22.9 Å². The van der Waals surface area contributed by atoms with Gasteiger partial charge in [0.05, 0.1) is 4.34 Å². The molecule has 1 fully saturated rings. The third-order valence-electron chi connectivity index (χ3n) is 4.04. The van der Waals surface area contributed by atoms with Gasteiger partial charge in [-0.25, -0.2) is 0 Å². The van der Waals surface area contributed by atoms with Gasteiger partial charge in [-0.05, 0) is 25.0 Å². The van der Waals surface area contributed by atoms with Gasteiger partial charge in [-0.1, -0.05) is 37.3 Å². The van der Waals surface area contributed by atoms with Crippen molar-refractivity contribution in [1.82, 2.24) is 10.6 Å². The maximum atomic E-state index is 12.0. The van der Waals surface area contributed by atoms with Crippen molar-refractivity contribution in [3.05, 3.63) is 21.3 Å². The number of carbonyl (C=O) groups is 2. The van der Waals surface area contributed by atoms with Crippen molar-refractivity contribution in [2.75, 3.05) is 13.7 Å². The summed E-state index contributed by atoms with van der Waals surface area (Å²) in [6, 6.07) is 3.76. The van der Waals surface area contributed by atoms with Gasteiger partial charge in [0.15, 0.2) is 0 Å². The van der Waals surface area contributed by atoms with Crippen LogP contribution in [-0.2, 0) is 14.3 Å². The predicted molar refractivity (Wildman–Crippen MR) is 91.7 cm³/mol. The Morgan fingerprint density at radius 3 is 2.52 bits per heavy atom. The van der Waals surface area contributed by atoms with Crippen LogP contribution in [0, 0.1) is 0 Å². The van der Waals surface area contributed by atoms with Crippen LogP contribution in [0.5, 0.6) is 0 Å². The summed E-state index contributed by atoms with van der Waals surface area (Å²) >= 11 is 7.31. The number of nitrogens with one attached hydrogen (secondary N) is 2. The van der Waals surface area contributed by atoms with Crippen LogP contribution in [0.4, 0.5) is 0 Å². The van der Waals surface area contributed by atoms with Gasteiger partial charge in [0.25, 0.3) is 0 Å². The van der Waals surface area contributed by atoms with E-state index in [-0.39, 0.29) is 18.7 Å². The molecule has 128 valence electrons. The van der Waals surface area contributed by atoms with Crippen LogP contribution in [0.15, 0.2) is 12.1 Å². The van der Waals surface area contributed by atoms with Gasteiger partial charge in [-0.2, -0.15) is 0 Å². The summed E-state index contributed by atoms with van der Waals surface area (Å²) in [5.74, 6) is -1.17. The first-order valence-electron chi connectivity index (χ1n) is 7.97. The SMILES string of the molecule is COC(CNC(=O)C(=O)NC1CCCCCC1)c1ccc(Cl)s1. The second-order valence-electron chi connectivity index (χ2n) is 5.74. The zero-order chi connectivity index (χ0) is 16.7. The van der Waals surface area contributed by atoms with Gasteiger partial charge in [0.2, 0.25) is 0 Å². The van der Waals surface area contributed by atoms with Crippen molar-refractivity contribution in [1.29, 1.82) is 0 Å². The summed E-state index contributed by atoms with van der Waals surface area (Å²) in [7, 11) is 1.57. The lowest BCUT2D eigenvalue weighted by atomic mass is 10.1. The van der Waals surface area contributed by atoms with Crippen LogP contribution in [0.3, 0.4) is 0 Å². The summed E-state index contributed by atoms with van der Waals surface area (Å²) in [5.41, 5.74) is 0. The fourth-order valence-electron chi connectivity index (χ4n) is 2.74. The van der Waals surface area contributed by atoms with Crippen molar-refractivity contribution in [3.8, 4) is 0 Å². The van der Waals surface area contributed by atoms with E-state index in [4.69, 9.17) is 16.3 Å². The largest absolute Gasteiger partial charge is 0.374 e. The van der Waals surface area contributed by atoms with E-state index < -0.39 is 11.8 Å². The zero-order valence-electron chi connectivity index (χ0n) is 13.3. The normalized spacial score (nSPS) is 17.3. The van der Waals surface area contributed by atoms with Crippen LogP contribution < -0.4 is 10.6 Å². The average molecular weight is 359 g/mol. The first kappa shape index (κ1) is 18.2. The number of hydrogen-bond donors (Lipinski definition) is 2. The highest BCUT2D eigenvalue weighted by Crippen LogP contribution is 2.28. The quantitative estimate of drug-likeness (QED) is 0.628. The van der Waals surface area contributed by atoms with Crippen LogP contribution in [0.1, 0.15) is 49.5 Å². The summed E-state index contributed by atoms with van der Waals surface area (Å²) in [6.45, 7) is 0.240. The summed E-state index contributed by atoms with van der Waals surface area (Å²) in [6.07, 6.45) is 6.23. The Bertz CT molecular complexity index is 527. The molecule has 0 saturated heterocycles. The van der Waals surface area contributed by atoms with E-state index in [2.05, 4.69) is 10.6 Å². The Balaban J connectivity index is 1.79. The molecule has 1 aromatic rings. The highest BCUT2D eigenvalue weighted by atomic mass is 35.5. The monoisotopic (exact) mass is 358 g/mol. The van der Waals surface area contributed by atoms with Crippen molar-refractivity contribution >= 4 is 34.8 Å². The third-order valence-corrected chi connectivity index (χ3v) is 5.36. The molecule has 2 N–H and O–H groups in total. The molecular weight excluding hydrogens is 336 g/mol. The van der Waals surface area contributed by atoms with Crippen molar-refractivity contribution in [2.45, 2.75) is 50.7 Å². The fourth-order valence-corrected chi connectivity index (χ4v) is 3.88. The summed E-state index contributed by atoms with van der Waals surface area (Å²) in [4.78, 5) is 24.9. The molecule has 2 rings (SSSR count). The number of amides is 2. The number of ether oxygens (including phenoxy) is 1. The van der Waals surface area contributed by atoms with Gasteiger partial charge in [-0.15, -0.1) is 11.3 Å². The standard InChI is InChI=1S/C16H23ClN2O3S/c1-22-12(13-8-9-14(17)23-13)10-18-15(20)16(21)19-11-6-4-2-3-5-7-11/h8-9,11-12H,2-7,10H2,1H3,(H,18,20)(H,19,21). The highest BCUT2D eigenvalue weighted by molar-refractivity contribution is 7.16. The third kappa shape index (κ3) is 5.79. The molecule has 0 aromatic carbocycles. The van der Waals surface area contributed by atoms with E-state index in [1.165, 1.54) is 24.2 Å². The number of thiophene rings is 1. The maximum absolute atomic E-state index is 12.0. The molecule has 1 atom stereocenters. The first-order valence-corrected chi connectivity index (χ1v) is 9.16. The van der Waals surface area contributed by atoms with E-state index in [0.29, 0.717) is 4.34 Å². The molecular formula is C16H23ClN2O3S. The van der Waals surface area contributed by atoms with Gasteiger partial charge < -0.3 is 15.4 Å². The minimum Gasteiger partial charge on any atom is -0.374 e. The highest BCUT2D eigenvalue weighted by Gasteiger charge is 2.21. The number of halogens is 1. The first-order chi connectivity index (χ1) is 11.1. The van der Waals surface area contributed by atoms with Crippen molar-refractivity contribution in [2.24, 2.45) is 0 Å². The summed E-state index contributed by atoms with van der Waals surface area (Å²) in [5, 5.41) is 5.47. The van der Waals surface area contributed by atoms with Crippen molar-refractivity contribution < 1.29 is 14.3 Å². The molecule has 0 aliphatic heterocycles. The van der Waals surface area contributed by atoms with Crippen LogP contribution in [0.25, 0.3) is 0 Å². The summed E-state index contributed by atoms with van der Waals surface area (Å²) < 4.78 is 6.02. The minimum atomic E-state index is -0.612. The molecule has 7 heteroatoms.